The van der Waals surface area contributed by atoms with Gasteiger partial charge in [-0.2, -0.15) is 11.8 Å². The molecule has 1 saturated heterocycles. The van der Waals surface area contributed by atoms with E-state index in [9.17, 15) is 24.6 Å². The number of likely N-dealkylation sites (tertiary alicyclic amines) is 1. The van der Waals surface area contributed by atoms with Crippen molar-refractivity contribution in [1.82, 2.24) is 10.2 Å². The SMILES string of the molecule is CC(C)=CCC/C(C)=C/CC/C(C)=C/CSCC(NC(=O)N1CCCCC1C(=O)O)C(=O)O. The van der Waals surface area contributed by atoms with E-state index in [-0.39, 0.29) is 5.75 Å². The maximum atomic E-state index is 12.5. The monoisotopic (exact) mass is 480 g/mol. The summed E-state index contributed by atoms with van der Waals surface area (Å²) in [6.45, 7) is 8.79. The zero-order chi connectivity index (χ0) is 24.8. The molecule has 1 rings (SSSR count). The van der Waals surface area contributed by atoms with E-state index < -0.39 is 30.1 Å². The van der Waals surface area contributed by atoms with Gasteiger partial charge in [0.15, 0.2) is 0 Å². The molecule has 0 radical (unpaired) electrons. The van der Waals surface area contributed by atoms with E-state index in [0.29, 0.717) is 18.7 Å². The topological polar surface area (TPSA) is 107 Å². The van der Waals surface area contributed by atoms with Crippen LogP contribution in [0.15, 0.2) is 34.9 Å². The number of carbonyl (C=O) groups excluding carboxylic acids is 1. The molecule has 1 heterocycles. The maximum absolute atomic E-state index is 12.5. The molecule has 0 saturated carbocycles. The second-order valence-corrected chi connectivity index (χ2v) is 9.96. The van der Waals surface area contributed by atoms with Crippen molar-refractivity contribution >= 4 is 29.7 Å². The minimum absolute atomic E-state index is 0.222. The molecule has 0 aromatic rings. The zero-order valence-electron chi connectivity index (χ0n) is 20.4. The van der Waals surface area contributed by atoms with Gasteiger partial charge in [-0.15, -0.1) is 0 Å². The van der Waals surface area contributed by atoms with E-state index in [1.807, 2.05) is 0 Å². The molecule has 3 N–H and O–H groups in total. The second-order valence-electron chi connectivity index (χ2n) is 8.88. The lowest BCUT2D eigenvalue weighted by Crippen LogP contribution is -2.55. The number of aliphatic carboxylic acids is 2. The van der Waals surface area contributed by atoms with Crippen LogP contribution in [0.25, 0.3) is 0 Å². The molecule has 7 nitrogen and oxygen atoms in total. The Balaban J connectivity index is 2.43. The minimum Gasteiger partial charge on any atom is -0.480 e. The lowest BCUT2D eigenvalue weighted by atomic mass is 10.0. The molecule has 1 fully saturated rings. The summed E-state index contributed by atoms with van der Waals surface area (Å²) in [7, 11) is 0. The van der Waals surface area contributed by atoms with Gasteiger partial charge in [-0.1, -0.05) is 34.9 Å². The average Bonchev–Trinajstić information content (AvgIpc) is 2.75. The van der Waals surface area contributed by atoms with E-state index >= 15 is 0 Å². The predicted molar refractivity (Wildman–Crippen MR) is 135 cm³/mol. The quantitative estimate of drug-likeness (QED) is 0.246. The van der Waals surface area contributed by atoms with E-state index in [4.69, 9.17) is 0 Å². The molecule has 8 heteroatoms. The van der Waals surface area contributed by atoms with Crippen molar-refractivity contribution < 1.29 is 24.6 Å². The Morgan fingerprint density at radius 2 is 1.64 bits per heavy atom. The Labute approximate surface area is 202 Å². The summed E-state index contributed by atoms with van der Waals surface area (Å²) < 4.78 is 0. The van der Waals surface area contributed by atoms with E-state index in [1.165, 1.54) is 33.4 Å². The van der Waals surface area contributed by atoms with Crippen molar-refractivity contribution in [2.45, 2.75) is 84.7 Å². The number of carboxylic acid groups (broad SMARTS) is 2. The van der Waals surface area contributed by atoms with Crippen LogP contribution in [0.4, 0.5) is 4.79 Å². The maximum Gasteiger partial charge on any atom is 0.327 e. The Morgan fingerprint density at radius 1 is 1.00 bits per heavy atom. The number of nitrogens with zero attached hydrogens (tertiary/aromatic N) is 1. The largest absolute Gasteiger partial charge is 0.480 e. The van der Waals surface area contributed by atoms with Gasteiger partial charge in [-0.25, -0.2) is 14.4 Å². The van der Waals surface area contributed by atoms with Gasteiger partial charge in [0.05, 0.1) is 0 Å². The van der Waals surface area contributed by atoms with Crippen LogP contribution >= 0.6 is 11.8 Å². The highest BCUT2D eigenvalue weighted by Gasteiger charge is 2.33. The smallest absolute Gasteiger partial charge is 0.327 e. The number of hydrogen-bond acceptors (Lipinski definition) is 4. The molecule has 1 aliphatic rings. The van der Waals surface area contributed by atoms with E-state index in [1.54, 1.807) is 0 Å². The number of nitrogens with one attached hydrogen (secondary N) is 1. The van der Waals surface area contributed by atoms with Crippen LogP contribution in [-0.2, 0) is 9.59 Å². The van der Waals surface area contributed by atoms with Crippen LogP contribution in [0.5, 0.6) is 0 Å². The molecule has 33 heavy (non-hydrogen) atoms. The van der Waals surface area contributed by atoms with Crippen LogP contribution in [-0.4, -0.2) is 63.2 Å². The van der Waals surface area contributed by atoms with Gasteiger partial charge in [-0.05, 0) is 72.6 Å². The summed E-state index contributed by atoms with van der Waals surface area (Å²) in [5, 5.41) is 21.3. The van der Waals surface area contributed by atoms with Gasteiger partial charge in [0.2, 0.25) is 0 Å². The summed E-state index contributed by atoms with van der Waals surface area (Å²) >= 11 is 1.44. The van der Waals surface area contributed by atoms with Gasteiger partial charge >= 0.3 is 18.0 Å². The number of rotatable bonds is 13. The summed E-state index contributed by atoms with van der Waals surface area (Å²) in [4.78, 5) is 36.7. The highest BCUT2D eigenvalue weighted by molar-refractivity contribution is 7.99. The zero-order valence-corrected chi connectivity index (χ0v) is 21.2. The van der Waals surface area contributed by atoms with Crippen molar-refractivity contribution in [1.29, 1.82) is 0 Å². The number of urea groups is 1. The number of thioether (sulfide) groups is 1. The average molecular weight is 481 g/mol. The molecular weight excluding hydrogens is 440 g/mol. The Hall–Kier alpha value is -2.22. The molecule has 0 aromatic heterocycles. The van der Waals surface area contributed by atoms with Gasteiger partial charge in [0.1, 0.15) is 12.1 Å². The lowest BCUT2D eigenvalue weighted by Gasteiger charge is -2.33. The van der Waals surface area contributed by atoms with Crippen LogP contribution in [0.3, 0.4) is 0 Å². The Morgan fingerprint density at radius 3 is 2.24 bits per heavy atom. The fraction of sp³-hybridized carbons (Fsp3) is 0.640. The van der Waals surface area contributed by atoms with Crippen LogP contribution < -0.4 is 5.32 Å². The molecule has 186 valence electrons. The fourth-order valence-corrected chi connectivity index (χ4v) is 4.56. The second kappa shape index (κ2) is 15.6. The Kier molecular flexibility index (Phi) is 13.6. The number of allylic oxidation sites excluding steroid dienone is 5. The molecule has 0 bridgehead atoms. The summed E-state index contributed by atoms with van der Waals surface area (Å²) in [5.41, 5.74) is 4.00. The van der Waals surface area contributed by atoms with Crippen molar-refractivity contribution in [3.05, 3.63) is 34.9 Å². The standard InChI is InChI=1S/C25H40N2O5S/c1-18(2)9-7-10-19(3)11-8-12-20(4)14-16-33-17-21(23(28)29)26-25(32)27-15-6-5-13-22(27)24(30)31/h9,11,14,21-22H,5-8,10,12-13,15-17H2,1-4H3,(H,26,32)(H,28,29)(H,30,31)/b19-11+,20-14+. The highest BCUT2D eigenvalue weighted by atomic mass is 32.2. The van der Waals surface area contributed by atoms with E-state index in [2.05, 4.69) is 51.2 Å². The first-order valence-electron chi connectivity index (χ1n) is 11.7. The first-order valence-corrected chi connectivity index (χ1v) is 12.8. The van der Waals surface area contributed by atoms with E-state index in [0.717, 1.165) is 38.5 Å². The third kappa shape index (κ3) is 12.0. The third-order valence-electron chi connectivity index (χ3n) is 5.60. The molecule has 2 amide bonds. The van der Waals surface area contributed by atoms with Gasteiger partial charge < -0.3 is 20.4 Å². The van der Waals surface area contributed by atoms with Crippen molar-refractivity contribution in [2.75, 3.05) is 18.1 Å². The summed E-state index contributed by atoms with van der Waals surface area (Å²) in [6, 6.07) is -2.57. The molecule has 1 aliphatic heterocycles. The third-order valence-corrected chi connectivity index (χ3v) is 6.57. The molecule has 2 atom stereocenters. The number of carbonyl (C=O) groups is 3. The number of hydrogen-bond donors (Lipinski definition) is 3. The minimum atomic E-state index is -1.12. The normalized spacial score (nSPS) is 17.9. The van der Waals surface area contributed by atoms with Gasteiger partial charge in [-0.3, -0.25) is 0 Å². The van der Waals surface area contributed by atoms with Crippen molar-refractivity contribution in [2.24, 2.45) is 0 Å². The summed E-state index contributed by atoms with van der Waals surface area (Å²) in [5.74, 6) is -1.28. The van der Waals surface area contributed by atoms with Crippen molar-refractivity contribution in [3.8, 4) is 0 Å². The summed E-state index contributed by atoms with van der Waals surface area (Å²) in [6.07, 6.45) is 12.6. The molecule has 0 spiro atoms. The molecular formula is C25H40N2O5S. The number of amides is 2. The highest BCUT2D eigenvalue weighted by Crippen LogP contribution is 2.18. The Bertz CT molecular complexity index is 756. The van der Waals surface area contributed by atoms with Crippen LogP contribution in [0.2, 0.25) is 0 Å². The van der Waals surface area contributed by atoms with Gasteiger partial charge in [0, 0.05) is 18.1 Å². The van der Waals surface area contributed by atoms with Crippen molar-refractivity contribution in [3.63, 3.8) is 0 Å². The first kappa shape index (κ1) is 28.8. The number of piperidine rings is 1. The molecule has 2 unspecified atom stereocenters. The molecule has 0 aliphatic carbocycles. The predicted octanol–water partition coefficient (Wildman–Crippen LogP) is 5.24. The van der Waals surface area contributed by atoms with Gasteiger partial charge in [0.25, 0.3) is 0 Å². The van der Waals surface area contributed by atoms with Crippen LogP contribution in [0.1, 0.15) is 72.6 Å². The molecule has 0 aromatic carbocycles. The fourth-order valence-electron chi connectivity index (χ4n) is 3.56. The first-order chi connectivity index (χ1) is 15.6. The van der Waals surface area contributed by atoms with Crippen LogP contribution in [0, 0.1) is 0 Å². The lowest BCUT2D eigenvalue weighted by molar-refractivity contribution is -0.143. The number of carboxylic acids is 2.